The van der Waals surface area contributed by atoms with E-state index in [-0.39, 0.29) is 17.4 Å². The lowest BCUT2D eigenvalue weighted by atomic mass is 10.0. The van der Waals surface area contributed by atoms with E-state index < -0.39 is 91.3 Å². The van der Waals surface area contributed by atoms with Crippen LogP contribution in [0.15, 0.2) is 0 Å². The third kappa shape index (κ3) is 15.1. The lowest BCUT2D eigenvalue weighted by molar-refractivity contribution is -0.133. The Balaban J connectivity index is 5.00. The first kappa shape index (κ1) is 38.1. The van der Waals surface area contributed by atoms with Crippen molar-refractivity contribution < 1.29 is 38.7 Å². The van der Waals surface area contributed by atoms with Crippen molar-refractivity contribution in [2.24, 2.45) is 17.6 Å². The maximum Gasteiger partial charge on any atom is 0.245 e. The summed E-state index contributed by atoms with van der Waals surface area (Å²) in [5.74, 6) is -4.56. The Morgan fingerprint density at radius 2 is 1.32 bits per heavy atom. The Kier molecular flexibility index (Phi) is 18.6. The number of aliphatic hydroxyl groups excluding tert-OH is 1. The topological polar surface area (TPSA) is 238 Å². The number of nitrogens with two attached hydrogens (primary N) is 1. The number of thiol groups is 2. The van der Waals surface area contributed by atoms with Gasteiger partial charge in [-0.2, -0.15) is 25.3 Å². The average molecular weight is 621 g/mol. The van der Waals surface area contributed by atoms with Crippen molar-refractivity contribution in [3.63, 3.8) is 0 Å². The number of hydrogen-bond donors (Lipinski definition) is 10. The number of hydrogen-bond acceptors (Lipinski definition) is 11. The summed E-state index contributed by atoms with van der Waals surface area (Å²) < 4.78 is 0. The smallest absolute Gasteiger partial charge is 0.245 e. The molecule has 0 aromatic heterocycles. The van der Waals surface area contributed by atoms with Crippen LogP contribution < -0.4 is 37.6 Å². The molecule has 41 heavy (non-hydrogen) atoms. The zero-order chi connectivity index (χ0) is 31.7. The van der Waals surface area contributed by atoms with Crippen molar-refractivity contribution in [2.45, 2.75) is 64.3 Å². The van der Waals surface area contributed by atoms with Crippen molar-refractivity contribution in [3.05, 3.63) is 0 Å². The number of amides is 6. The van der Waals surface area contributed by atoms with Gasteiger partial charge in [-0.05, 0) is 18.3 Å². The van der Waals surface area contributed by atoms with Crippen LogP contribution >= 0.6 is 25.3 Å². The molecule has 6 amide bonds. The molecule has 5 atom stereocenters. The minimum Gasteiger partial charge on any atom is -0.394 e. The van der Waals surface area contributed by atoms with Gasteiger partial charge in [-0.3, -0.25) is 33.6 Å². The summed E-state index contributed by atoms with van der Waals surface area (Å²) in [6, 6.07) is -5.35. The maximum absolute atomic E-state index is 12.7. The molecule has 0 rings (SSSR count). The molecule has 0 aromatic rings. The molecule has 0 saturated carbocycles. The Hall–Kier alpha value is -2.89. The molecule has 0 aliphatic carbocycles. The number of carbonyl (C=O) groups is 6. The largest absolute Gasteiger partial charge is 0.394 e. The molecule has 0 saturated heterocycles. The maximum atomic E-state index is 12.7. The Morgan fingerprint density at radius 3 is 1.78 bits per heavy atom. The second kappa shape index (κ2) is 20.1. The van der Waals surface area contributed by atoms with Crippen LogP contribution in [-0.4, -0.2) is 108 Å². The van der Waals surface area contributed by atoms with E-state index in [1.165, 1.54) is 0 Å². The van der Waals surface area contributed by atoms with E-state index in [4.69, 9.17) is 5.73 Å². The van der Waals surface area contributed by atoms with Gasteiger partial charge in [0.1, 0.15) is 24.2 Å². The van der Waals surface area contributed by atoms with Gasteiger partial charge >= 0.3 is 0 Å². The van der Waals surface area contributed by atoms with E-state index in [0.717, 1.165) is 0 Å². The van der Waals surface area contributed by atoms with Crippen molar-refractivity contribution in [1.82, 2.24) is 31.9 Å². The molecule has 0 spiro atoms. The molecule has 17 heteroatoms. The summed E-state index contributed by atoms with van der Waals surface area (Å²) in [7, 11) is 0. The second-order valence-electron chi connectivity index (χ2n) is 9.87. The fraction of sp³-hybridized carbons (Fsp3) is 0.708. The molecule has 0 aromatic carbocycles. The number of nitrogens with one attached hydrogen (secondary N) is 6. The summed E-state index contributed by atoms with van der Waals surface area (Å²) in [5, 5.41) is 23.7. The first-order valence-corrected chi connectivity index (χ1v) is 14.2. The number of rotatable bonds is 19. The van der Waals surface area contributed by atoms with Gasteiger partial charge < -0.3 is 42.7 Å². The minimum absolute atomic E-state index is 0.0381. The number of aliphatic hydroxyl groups is 1. The molecule has 0 unspecified atom stereocenters. The monoisotopic (exact) mass is 620 g/mol. The van der Waals surface area contributed by atoms with E-state index in [0.29, 0.717) is 6.42 Å². The van der Waals surface area contributed by atoms with E-state index in [2.05, 4.69) is 57.2 Å². The van der Waals surface area contributed by atoms with Crippen molar-refractivity contribution in [2.75, 3.05) is 31.2 Å². The van der Waals surface area contributed by atoms with Crippen LogP contribution in [0.3, 0.4) is 0 Å². The lowest BCUT2D eigenvalue weighted by Gasteiger charge is -2.23. The van der Waals surface area contributed by atoms with Gasteiger partial charge in [0.25, 0.3) is 0 Å². The highest BCUT2D eigenvalue weighted by molar-refractivity contribution is 7.80. The fourth-order valence-electron chi connectivity index (χ4n) is 3.22. The molecule has 0 aliphatic heterocycles. The molecule has 1 radical (unpaired) electrons. The highest BCUT2D eigenvalue weighted by atomic mass is 32.1. The minimum atomic E-state index is -1.39. The molecule has 0 heterocycles. The Labute approximate surface area is 250 Å². The third-order valence-corrected chi connectivity index (χ3v) is 6.22. The van der Waals surface area contributed by atoms with Crippen LogP contribution in [0.2, 0.25) is 0 Å². The van der Waals surface area contributed by atoms with Crippen LogP contribution in [0.25, 0.3) is 0 Å². The predicted octanol–water partition coefficient (Wildman–Crippen LogP) is -3.85. The Morgan fingerprint density at radius 1 is 0.756 bits per heavy atom. The van der Waals surface area contributed by atoms with E-state index in [1.807, 2.05) is 13.8 Å². The molecule has 9 N–H and O–H groups in total. The molecular formula is C24H42N7O8S2. The van der Waals surface area contributed by atoms with Gasteiger partial charge in [-0.15, -0.1) is 0 Å². The second-order valence-corrected chi connectivity index (χ2v) is 10.6. The van der Waals surface area contributed by atoms with Gasteiger partial charge in [-0.25, -0.2) is 0 Å². The van der Waals surface area contributed by atoms with Gasteiger partial charge in [0.15, 0.2) is 0 Å². The normalized spacial score (nSPS) is 14.6. The summed E-state index contributed by atoms with van der Waals surface area (Å²) >= 11 is 7.84. The summed E-state index contributed by atoms with van der Waals surface area (Å²) in [5.41, 5.74) is 5.65. The van der Waals surface area contributed by atoms with Crippen LogP contribution in [0.5, 0.6) is 0 Å². The van der Waals surface area contributed by atoms with Gasteiger partial charge in [0.2, 0.25) is 41.7 Å². The van der Waals surface area contributed by atoms with Crippen LogP contribution in [0.1, 0.15) is 34.1 Å². The summed E-state index contributed by atoms with van der Waals surface area (Å²) in [6.45, 7) is 5.16. The highest BCUT2D eigenvalue weighted by Crippen LogP contribution is 2.06. The molecule has 15 nitrogen and oxygen atoms in total. The van der Waals surface area contributed by atoms with Crippen molar-refractivity contribution >= 4 is 67.0 Å². The Bertz CT molecular complexity index is 922. The first-order chi connectivity index (χ1) is 19.2. The quantitative estimate of drug-likeness (QED) is 0.0635. The van der Waals surface area contributed by atoms with E-state index in [1.54, 1.807) is 20.1 Å². The fourth-order valence-corrected chi connectivity index (χ4v) is 3.55. The lowest BCUT2D eigenvalue weighted by Crippen LogP contribution is -2.56. The van der Waals surface area contributed by atoms with Gasteiger partial charge in [-0.1, -0.05) is 27.7 Å². The average Bonchev–Trinajstić information content (AvgIpc) is 2.93. The standard InChI is InChI=1S/C24H42N7O8S2/c1-12(2)5-16(30-21(36)15(25)11-41)22(37)26-7-19(35)31-20(13(3)4)24(39)27-6-18(34)29-17(9-33)23(38)28-14(8-32)10-40/h12-17,20,33,40-41H,5-7,9-11,25H2,1-4H3,(H,26,37)(H,27,39)(H,28,38)(H,29,34)(H,30,36)(H,31,35)/t14-,15+,16+,17+,20+/m1/s1. The molecule has 0 aliphatic rings. The predicted molar refractivity (Wildman–Crippen MR) is 156 cm³/mol. The molecular weight excluding hydrogens is 578 g/mol. The molecule has 0 bridgehead atoms. The summed E-state index contributed by atoms with van der Waals surface area (Å²) in [4.78, 5) is 85.0. The van der Waals surface area contributed by atoms with Gasteiger partial charge in [0.05, 0.1) is 25.7 Å². The zero-order valence-corrected chi connectivity index (χ0v) is 25.3. The molecule has 233 valence electrons. The first-order valence-electron chi connectivity index (χ1n) is 12.9. The number of carbonyl (C=O) groups excluding carboxylic acids is 7. The highest BCUT2D eigenvalue weighted by Gasteiger charge is 2.28. The van der Waals surface area contributed by atoms with Gasteiger partial charge in [0, 0.05) is 11.5 Å². The van der Waals surface area contributed by atoms with E-state index >= 15 is 0 Å². The van der Waals surface area contributed by atoms with E-state index in [9.17, 15) is 38.7 Å². The van der Waals surface area contributed by atoms with Crippen LogP contribution in [0, 0.1) is 11.8 Å². The van der Waals surface area contributed by atoms with Crippen molar-refractivity contribution in [1.29, 1.82) is 0 Å². The SMILES string of the molecule is CC(C)C[C@H](NC(=O)[C@@H](N)CS)C(=O)NCC(=O)N[C@H](C(=O)NCC(=O)N[C@@H](CO)C(=O)N[C@H]([C]=O)CS)C(C)C. The molecule has 0 fully saturated rings. The zero-order valence-electron chi connectivity index (χ0n) is 23.6. The third-order valence-electron chi connectivity index (χ3n) is 5.46. The van der Waals surface area contributed by atoms with Crippen LogP contribution in [0.4, 0.5) is 0 Å². The van der Waals surface area contributed by atoms with Crippen LogP contribution in [-0.2, 0) is 33.6 Å². The summed E-state index contributed by atoms with van der Waals surface area (Å²) in [6.07, 6.45) is 1.84. The van der Waals surface area contributed by atoms with Crippen molar-refractivity contribution in [3.8, 4) is 0 Å².